The van der Waals surface area contributed by atoms with E-state index in [4.69, 9.17) is 0 Å². The van der Waals surface area contributed by atoms with Crippen molar-refractivity contribution in [3.8, 4) is 0 Å². The highest BCUT2D eigenvalue weighted by molar-refractivity contribution is 7.03. The van der Waals surface area contributed by atoms with Gasteiger partial charge in [0.2, 0.25) is 0 Å². The number of likely N-dealkylation sites (tertiary alicyclic amines) is 1. The number of nitrogens with zero attached hydrogens (tertiary/aromatic N) is 3. The lowest BCUT2D eigenvalue weighted by Gasteiger charge is -2.25. The summed E-state index contributed by atoms with van der Waals surface area (Å²) in [7, 11) is 0. The van der Waals surface area contributed by atoms with E-state index in [1.54, 1.807) is 3.96 Å². The molecule has 3 rings (SSSR count). The largest absolute Gasteiger partial charge is 0.341 e. The van der Waals surface area contributed by atoms with Gasteiger partial charge in [-0.1, -0.05) is 36.8 Å². The lowest BCUT2D eigenvalue weighted by Crippen LogP contribution is -2.35. The first-order chi connectivity index (χ1) is 10.7. The molecule has 0 unspecified atom stereocenters. The molecule has 1 fully saturated rings. The topological polar surface area (TPSA) is 47.2 Å². The molecule has 1 aromatic heterocycles. The fourth-order valence-corrected chi connectivity index (χ4v) is 3.63. The number of benzene rings is 1. The molecule has 118 valence electrons. The van der Waals surface area contributed by atoms with Crippen LogP contribution in [0.15, 0.2) is 39.9 Å². The summed E-state index contributed by atoms with van der Waals surface area (Å²) in [5.41, 5.74) is 0.790. The molecule has 0 aliphatic carbocycles. The van der Waals surface area contributed by atoms with E-state index in [-0.39, 0.29) is 10.6 Å². The molecule has 5 nitrogen and oxygen atoms in total. The molecule has 0 N–H and O–H groups in total. The third-order valence-electron chi connectivity index (χ3n) is 4.10. The quantitative estimate of drug-likeness (QED) is 0.841. The van der Waals surface area contributed by atoms with E-state index >= 15 is 0 Å². The number of aromatic nitrogens is 2. The van der Waals surface area contributed by atoms with E-state index in [1.807, 2.05) is 30.3 Å². The Kier molecular flexibility index (Phi) is 4.90. The van der Waals surface area contributed by atoms with Crippen LogP contribution in [-0.4, -0.2) is 33.1 Å². The van der Waals surface area contributed by atoms with E-state index in [1.165, 1.54) is 23.8 Å². The molecule has 6 heteroatoms. The van der Waals surface area contributed by atoms with Gasteiger partial charge in [-0.05, 0) is 31.5 Å². The fourth-order valence-electron chi connectivity index (χ4n) is 2.85. The number of hydrogen-bond acceptors (Lipinski definition) is 4. The second-order valence-electron chi connectivity index (χ2n) is 5.72. The SMILES string of the molecule is O=c1sn(CCN2CCCCC2)c(=O)n1Cc1ccccc1. The molecule has 2 heterocycles. The predicted molar refractivity (Wildman–Crippen MR) is 88.7 cm³/mol. The first-order valence-electron chi connectivity index (χ1n) is 7.81. The Morgan fingerprint density at radius 1 is 0.955 bits per heavy atom. The van der Waals surface area contributed by atoms with Crippen molar-refractivity contribution in [3.05, 3.63) is 56.0 Å². The van der Waals surface area contributed by atoms with Crippen LogP contribution in [0.1, 0.15) is 24.8 Å². The standard InChI is InChI=1S/C16H21N3O2S/c20-15-18(13-14-7-3-1-4-8-14)16(21)22-19(15)12-11-17-9-5-2-6-10-17/h1,3-4,7-8H,2,5-6,9-13H2. The van der Waals surface area contributed by atoms with Gasteiger partial charge >= 0.3 is 10.6 Å². The predicted octanol–water partition coefficient (Wildman–Crippen LogP) is 1.61. The molecule has 0 spiro atoms. The van der Waals surface area contributed by atoms with Gasteiger partial charge in [0.05, 0.1) is 13.1 Å². The maximum atomic E-state index is 12.4. The minimum Gasteiger partial charge on any atom is -0.302 e. The van der Waals surface area contributed by atoms with E-state index in [0.29, 0.717) is 13.1 Å². The Labute approximate surface area is 133 Å². The molecular formula is C16H21N3O2S. The summed E-state index contributed by atoms with van der Waals surface area (Å²) in [5.74, 6) is 0. The smallest absolute Gasteiger partial charge is 0.302 e. The highest BCUT2D eigenvalue weighted by Gasteiger charge is 2.13. The second kappa shape index (κ2) is 7.07. The van der Waals surface area contributed by atoms with Crippen molar-refractivity contribution in [1.82, 2.24) is 13.4 Å². The molecule has 0 bridgehead atoms. The minimum atomic E-state index is -0.184. The van der Waals surface area contributed by atoms with Crippen LogP contribution in [-0.2, 0) is 13.1 Å². The van der Waals surface area contributed by atoms with E-state index in [2.05, 4.69) is 4.90 Å². The molecule has 0 amide bonds. The first kappa shape index (κ1) is 15.2. The number of rotatable bonds is 5. The average molecular weight is 319 g/mol. The molecule has 0 radical (unpaired) electrons. The first-order valence-corrected chi connectivity index (χ1v) is 8.58. The summed E-state index contributed by atoms with van der Waals surface area (Å²) in [5, 5.41) is 0. The van der Waals surface area contributed by atoms with Gasteiger partial charge in [0, 0.05) is 18.1 Å². The zero-order chi connectivity index (χ0) is 15.4. The highest BCUT2D eigenvalue weighted by atomic mass is 32.1. The van der Waals surface area contributed by atoms with Gasteiger partial charge in [0.1, 0.15) is 0 Å². The molecule has 1 aromatic carbocycles. The van der Waals surface area contributed by atoms with Crippen LogP contribution in [0, 0.1) is 0 Å². The van der Waals surface area contributed by atoms with Crippen LogP contribution in [0.25, 0.3) is 0 Å². The van der Waals surface area contributed by atoms with Crippen LogP contribution in [0.2, 0.25) is 0 Å². The van der Waals surface area contributed by atoms with Crippen LogP contribution in [0.4, 0.5) is 0 Å². The molecular weight excluding hydrogens is 298 g/mol. The van der Waals surface area contributed by atoms with Crippen LogP contribution in [0.3, 0.4) is 0 Å². The van der Waals surface area contributed by atoms with Crippen molar-refractivity contribution in [3.63, 3.8) is 0 Å². The second-order valence-corrected chi connectivity index (χ2v) is 6.69. The number of hydrogen-bond donors (Lipinski definition) is 0. The molecule has 0 saturated carbocycles. The molecule has 22 heavy (non-hydrogen) atoms. The Hall–Kier alpha value is -1.66. The zero-order valence-corrected chi connectivity index (χ0v) is 13.4. The summed E-state index contributed by atoms with van der Waals surface area (Å²) in [6.45, 7) is 4.03. The molecule has 1 aliphatic heterocycles. The highest BCUT2D eigenvalue weighted by Crippen LogP contribution is 2.08. The summed E-state index contributed by atoms with van der Waals surface area (Å²) in [6, 6.07) is 9.63. The average Bonchev–Trinajstić information content (AvgIpc) is 2.82. The normalized spacial score (nSPS) is 16.0. The Morgan fingerprint density at radius 3 is 2.41 bits per heavy atom. The Morgan fingerprint density at radius 2 is 1.68 bits per heavy atom. The summed E-state index contributed by atoms with van der Waals surface area (Å²) in [6.07, 6.45) is 3.78. The van der Waals surface area contributed by atoms with Crippen molar-refractivity contribution in [2.75, 3.05) is 19.6 Å². The van der Waals surface area contributed by atoms with Crippen molar-refractivity contribution < 1.29 is 0 Å². The van der Waals surface area contributed by atoms with Crippen molar-refractivity contribution in [1.29, 1.82) is 0 Å². The Bertz CT molecular complexity index is 711. The van der Waals surface area contributed by atoms with Crippen molar-refractivity contribution >= 4 is 11.5 Å². The third kappa shape index (κ3) is 3.56. The van der Waals surface area contributed by atoms with Gasteiger partial charge in [-0.25, -0.2) is 13.3 Å². The minimum absolute atomic E-state index is 0.174. The summed E-state index contributed by atoms with van der Waals surface area (Å²) >= 11 is 1.03. The number of piperidine rings is 1. The van der Waals surface area contributed by atoms with Crippen LogP contribution >= 0.6 is 11.5 Å². The molecule has 1 aliphatic rings. The Balaban J connectivity index is 1.70. The van der Waals surface area contributed by atoms with E-state index < -0.39 is 0 Å². The molecule has 1 saturated heterocycles. The van der Waals surface area contributed by atoms with Gasteiger partial charge < -0.3 is 4.90 Å². The summed E-state index contributed by atoms with van der Waals surface area (Å²) in [4.78, 5) is 26.7. The van der Waals surface area contributed by atoms with Crippen LogP contribution in [0.5, 0.6) is 0 Å². The van der Waals surface area contributed by atoms with Gasteiger partial charge in [-0.15, -0.1) is 0 Å². The third-order valence-corrected chi connectivity index (χ3v) is 5.04. The monoisotopic (exact) mass is 319 g/mol. The van der Waals surface area contributed by atoms with E-state index in [9.17, 15) is 9.59 Å². The van der Waals surface area contributed by atoms with Crippen LogP contribution < -0.4 is 10.6 Å². The zero-order valence-electron chi connectivity index (χ0n) is 12.6. The van der Waals surface area contributed by atoms with Gasteiger partial charge in [0.15, 0.2) is 0 Å². The maximum absolute atomic E-state index is 12.4. The lowest BCUT2D eigenvalue weighted by molar-refractivity contribution is 0.222. The van der Waals surface area contributed by atoms with Crippen molar-refractivity contribution in [2.24, 2.45) is 0 Å². The fraction of sp³-hybridized carbons (Fsp3) is 0.500. The van der Waals surface area contributed by atoms with Gasteiger partial charge in [0.25, 0.3) is 0 Å². The molecule has 2 aromatic rings. The van der Waals surface area contributed by atoms with Gasteiger partial charge in [-0.2, -0.15) is 0 Å². The summed E-state index contributed by atoms with van der Waals surface area (Å²) < 4.78 is 2.93. The maximum Gasteiger partial charge on any atom is 0.341 e. The van der Waals surface area contributed by atoms with E-state index in [0.717, 1.165) is 36.7 Å². The van der Waals surface area contributed by atoms with Gasteiger partial charge in [-0.3, -0.25) is 4.79 Å². The molecule has 0 atom stereocenters. The van der Waals surface area contributed by atoms with Crippen molar-refractivity contribution in [2.45, 2.75) is 32.4 Å². The lowest BCUT2D eigenvalue weighted by atomic mass is 10.1.